The lowest BCUT2D eigenvalue weighted by Gasteiger charge is -2.19. The SMILES string of the molecule is Cc1sc2nc(SCC(=O)N3N=C(c4cccs4)CC3c3ccco3)n(C)c(=O)c2c1C. The summed E-state index contributed by atoms with van der Waals surface area (Å²) in [5, 5.41) is 9.32. The first-order valence-electron chi connectivity index (χ1n) is 10.0. The molecular formula is C22H20N4O3S3. The van der Waals surface area contributed by atoms with Crippen molar-refractivity contribution < 1.29 is 9.21 Å². The molecule has 4 aromatic heterocycles. The number of rotatable bonds is 5. The van der Waals surface area contributed by atoms with E-state index in [1.54, 1.807) is 24.6 Å². The second-order valence-corrected chi connectivity index (χ2v) is 10.6. The van der Waals surface area contributed by atoms with Crippen molar-refractivity contribution in [3.05, 3.63) is 67.3 Å². The van der Waals surface area contributed by atoms with Crippen molar-refractivity contribution in [2.24, 2.45) is 12.1 Å². The molecule has 164 valence electrons. The molecule has 0 N–H and O–H groups in total. The van der Waals surface area contributed by atoms with Crippen LogP contribution in [0.25, 0.3) is 10.2 Å². The zero-order valence-electron chi connectivity index (χ0n) is 17.7. The molecule has 5 heterocycles. The molecule has 1 aliphatic heterocycles. The largest absolute Gasteiger partial charge is 0.467 e. The Kier molecular flexibility index (Phi) is 5.52. The van der Waals surface area contributed by atoms with Crippen LogP contribution in [0.2, 0.25) is 0 Å². The molecule has 7 nitrogen and oxygen atoms in total. The van der Waals surface area contributed by atoms with Crippen molar-refractivity contribution in [2.75, 3.05) is 5.75 Å². The van der Waals surface area contributed by atoms with Crippen LogP contribution >= 0.6 is 34.4 Å². The minimum Gasteiger partial charge on any atom is -0.467 e. The number of carbonyl (C=O) groups is 1. The van der Waals surface area contributed by atoms with E-state index in [-0.39, 0.29) is 23.3 Å². The molecule has 0 saturated heterocycles. The van der Waals surface area contributed by atoms with Crippen LogP contribution in [0.5, 0.6) is 0 Å². The summed E-state index contributed by atoms with van der Waals surface area (Å²) in [6, 6.07) is 7.38. The molecule has 32 heavy (non-hydrogen) atoms. The van der Waals surface area contributed by atoms with Crippen molar-refractivity contribution in [2.45, 2.75) is 31.5 Å². The van der Waals surface area contributed by atoms with E-state index in [0.29, 0.717) is 27.6 Å². The van der Waals surface area contributed by atoms with Crippen LogP contribution in [0.15, 0.2) is 55.4 Å². The monoisotopic (exact) mass is 484 g/mol. The van der Waals surface area contributed by atoms with Gasteiger partial charge in [0.2, 0.25) is 0 Å². The van der Waals surface area contributed by atoms with Crippen LogP contribution < -0.4 is 5.56 Å². The number of carbonyl (C=O) groups excluding carboxylic acids is 1. The molecule has 0 fully saturated rings. The molecule has 1 atom stereocenters. The Balaban J connectivity index is 1.41. The first-order valence-corrected chi connectivity index (χ1v) is 12.7. The Labute approximate surface area is 196 Å². The first-order chi connectivity index (χ1) is 15.4. The number of nitrogens with zero attached hydrogens (tertiary/aromatic N) is 4. The summed E-state index contributed by atoms with van der Waals surface area (Å²) in [5.74, 6) is 0.666. The Hall–Kier alpha value is -2.69. The molecule has 0 bridgehead atoms. The van der Waals surface area contributed by atoms with E-state index < -0.39 is 0 Å². The molecule has 0 aliphatic carbocycles. The fourth-order valence-electron chi connectivity index (χ4n) is 3.71. The van der Waals surface area contributed by atoms with E-state index in [2.05, 4.69) is 10.1 Å². The van der Waals surface area contributed by atoms with Crippen molar-refractivity contribution in [3.63, 3.8) is 0 Å². The number of aryl methyl sites for hydroxylation is 2. The standard InChI is InChI=1S/C22H20N4O3S3/c1-12-13(2)32-20-19(12)21(28)25(3)22(23-20)31-11-18(27)26-15(16-6-4-8-29-16)10-14(24-26)17-7-5-9-30-17/h4-9,15H,10-11H2,1-3H3. The van der Waals surface area contributed by atoms with E-state index in [4.69, 9.17) is 4.42 Å². The number of thiophene rings is 2. The highest BCUT2D eigenvalue weighted by Crippen LogP contribution is 2.35. The summed E-state index contributed by atoms with van der Waals surface area (Å²) >= 11 is 4.36. The Bertz CT molecular complexity index is 1380. The smallest absolute Gasteiger partial charge is 0.262 e. The van der Waals surface area contributed by atoms with Crippen LogP contribution in [0, 0.1) is 13.8 Å². The maximum Gasteiger partial charge on any atom is 0.262 e. The highest BCUT2D eigenvalue weighted by atomic mass is 32.2. The summed E-state index contributed by atoms with van der Waals surface area (Å²) in [7, 11) is 1.70. The molecule has 10 heteroatoms. The molecule has 0 spiro atoms. The van der Waals surface area contributed by atoms with E-state index >= 15 is 0 Å². The second kappa shape index (κ2) is 8.34. The normalized spacial score (nSPS) is 16.2. The van der Waals surface area contributed by atoms with E-state index in [0.717, 1.165) is 21.0 Å². The maximum absolute atomic E-state index is 13.2. The number of thioether (sulfide) groups is 1. The molecule has 1 amide bonds. The quantitative estimate of drug-likeness (QED) is 0.302. The van der Waals surface area contributed by atoms with Gasteiger partial charge in [-0.05, 0) is 43.0 Å². The molecule has 5 rings (SSSR count). The number of aromatic nitrogens is 2. The summed E-state index contributed by atoms with van der Waals surface area (Å²) in [4.78, 5) is 33.6. The van der Waals surface area contributed by atoms with Gasteiger partial charge in [0.25, 0.3) is 11.5 Å². The molecule has 0 aromatic carbocycles. The van der Waals surface area contributed by atoms with Crippen molar-refractivity contribution in [1.82, 2.24) is 14.6 Å². The minimum absolute atomic E-state index is 0.0839. The Morgan fingerprint density at radius 3 is 2.88 bits per heavy atom. The van der Waals surface area contributed by atoms with Crippen molar-refractivity contribution >= 4 is 56.3 Å². The van der Waals surface area contributed by atoms with E-state index in [9.17, 15) is 9.59 Å². The molecular weight excluding hydrogens is 464 g/mol. The van der Waals surface area contributed by atoms with Gasteiger partial charge in [0.15, 0.2) is 5.16 Å². The molecule has 1 unspecified atom stereocenters. The van der Waals surface area contributed by atoms with Gasteiger partial charge < -0.3 is 4.42 Å². The van der Waals surface area contributed by atoms with Crippen molar-refractivity contribution in [3.8, 4) is 0 Å². The van der Waals surface area contributed by atoms with Gasteiger partial charge >= 0.3 is 0 Å². The first kappa shape index (κ1) is 21.2. The van der Waals surface area contributed by atoms with E-state index in [1.807, 2.05) is 43.5 Å². The second-order valence-electron chi connectivity index (χ2n) is 7.51. The van der Waals surface area contributed by atoms with Gasteiger partial charge in [-0.3, -0.25) is 14.2 Å². The average Bonchev–Trinajstić information content (AvgIpc) is 3.57. The number of amides is 1. The maximum atomic E-state index is 13.2. The van der Waals surface area contributed by atoms with Gasteiger partial charge in [-0.1, -0.05) is 17.8 Å². The Morgan fingerprint density at radius 2 is 2.16 bits per heavy atom. The fourth-order valence-corrected chi connectivity index (χ4v) is 6.33. The minimum atomic E-state index is -0.281. The number of hydrogen-bond acceptors (Lipinski definition) is 8. The molecule has 0 radical (unpaired) electrons. The van der Waals surface area contributed by atoms with Crippen LogP contribution in [0.4, 0.5) is 0 Å². The average molecular weight is 485 g/mol. The van der Waals surface area contributed by atoms with Gasteiger partial charge in [0, 0.05) is 18.3 Å². The lowest BCUT2D eigenvalue weighted by atomic mass is 10.1. The zero-order valence-corrected chi connectivity index (χ0v) is 20.1. The third kappa shape index (κ3) is 3.62. The number of fused-ring (bicyclic) bond motifs is 1. The molecule has 0 saturated carbocycles. The molecule has 4 aromatic rings. The van der Waals surface area contributed by atoms with Crippen LogP contribution in [0.3, 0.4) is 0 Å². The summed E-state index contributed by atoms with van der Waals surface area (Å²) < 4.78 is 7.12. The highest BCUT2D eigenvalue weighted by Gasteiger charge is 2.35. The lowest BCUT2D eigenvalue weighted by Crippen LogP contribution is -2.29. The van der Waals surface area contributed by atoms with Gasteiger partial charge in [-0.15, -0.1) is 22.7 Å². The number of furan rings is 1. The third-order valence-corrected chi connectivity index (χ3v) is 8.57. The highest BCUT2D eigenvalue weighted by molar-refractivity contribution is 7.99. The predicted molar refractivity (Wildman–Crippen MR) is 129 cm³/mol. The Morgan fingerprint density at radius 1 is 1.31 bits per heavy atom. The van der Waals surface area contributed by atoms with E-state index in [1.165, 1.54) is 32.7 Å². The third-order valence-electron chi connectivity index (χ3n) is 5.54. The van der Waals surface area contributed by atoms with Gasteiger partial charge in [0.05, 0.1) is 28.0 Å². The lowest BCUT2D eigenvalue weighted by molar-refractivity contribution is -0.130. The topological polar surface area (TPSA) is 80.7 Å². The molecule has 1 aliphatic rings. The summed E-state index contributed by atoms with van der Waals surface area (Å²) in [5.41, 5.74) is 1.76. The fraction of sp³-hybridized carbons (Fsp3) is 0.273. The predicted octanol–water partition coefficient (Wildman–Crippen LogP) is 4.74. The van der Waals surface area contributed by atoms with Crippen LogP contribution in [-0.2, 0) is 11.8 Å². The summed E-state index contributed by atoms with van der Waals surface area (Å²) in [6.07, 6.45) is 2.21. The van der Waals surface area contributed by atoms with Gasteiger partial charge in [-0.2, -0.15) is 5.10 Å². The van der Waals surface area contributed by atoms with Crippen LogP contribution in [0.1, 0.15) is 33.5 Å². The number of hydrogen-bond donors (Lipinski definition) is 0. The number of hydrazone groups is 1. The summed E-state index contributed by atoms with van der Waals surface area (Å²) in [6.45, 7) is 3.93. The zero-order chi connectivity index (χ0) is 22.4. The van der Waals surface area contributed by atoms with Gasteiger partial charge in [-0.25, -0.2) is 9.99 Å². The van der Waals surface area contributed by atoms with Crippen LogP contribution in [-0.4, -0.2) is 31.9 Å². The van der Waals surface area contributed by atoms with Gasteiger partial charge in [0.1, 0.15) is 16.6 Å². The van der Waals surface area contributed by atoms with Crippen molar-refractivity contribution in [1.29, 1.82) is 0 Å².